The van der Waals surface area contributed by atoms with Crippen molar-refractivity contribution in [3.63, 3.8) is 0 Å². The van der Waals surface area contributed by atoms with Crippen LogP contribution in [0.5, 0.6) is 0 Å². The minimum atomic E-state index is -0.371. The van der Waals surface area contributed by atoms with E-state index in [1.54, 1.807) is 24.2 Å². The maximum atomic E-state index is 11.2. The lowest BCUT2D eigenvalue weighted by Gasteiger charge is -2.24. The van der Waals surface area contributed by atoms with E-state index in [0.717, 1.165) is 33.6 Å². The molecule has 1 aromatic heterocycles. The Labute approximate surface area is 172 Å². The number of hydrogen-bond donors (Lipinski definition) is 2. The summed E-state index contributed by atoms with van der Waals surface area (Å²) in [6.07, 6.45) is 8.89. The van der Waals surface area contributed by atoms with E-state index in [2.05, 4.69) is 29.5 Å². The summed E-state index contributed by atoms with van der Waals surface area (Å²) in [4.78, 5) is 18.8. The number of amidine groups is 1. The number of H-pyrrole nitrogens is 1. The number of methoxy groups -OCH3 is 1. The van der Waals surface area contributed by atoms with Crippen molar-refractivity contribution < 1.29 is 9.53 Å². The highest BCUT2D eigenvalue weighted by molar-refractivity contribution is 7.97. The fourth-order valence-electron chi connectivity index (χ4n) is 2.83. The molecule has 0 bridgehead atoms. The molecule has 0 amide bonds. The highest BCUT2D eigenvalue weighted by Gasteiger charge is 2.37. The van der Waals surface area contributed by atoms with Crippen LogP contribution in [0.25, 0.3) is 6.08 Å². The molecular formula is C20H20N6O2S+. The summed E-state index contributed by atoms with van der Waals surface area (Å²) in [5.41, 5.74) is 1.92. The number of anilines is 1. The summed E-state index contributed by atoms with van der Waals surface area (Å²) in [6, 6.07) is 9.90. The van der Waals surface area contributed by atoms with E-state index < -0.39 is 0 Å². The average molecular weight is 408 g/mol. The number of aryl methyl sites for hydroxylation is 1. The van der Waals surface area contributed by atoms with Crippen LogP contribution in [0.2, 0.25) is 0 Å². The van der Waals surface area contributed by atoms with Gasteiger partial charge in [-0.05, 0) is 47.5 Å². The molecule has 0 saturated heterocycles. The third-order valence-corrected chi connectivity index (χ3v) is 5.17. The molecule has 2 aliphatic rings. The smallest absolute Gasteiger partial charge is 0.330 e. The summed E-state index contributed by atoms with van der Waals surface area (Å²) >= 11 is 1.61. The Balaban J connectivity index is 1.47. The lowest BCUT2D eigenvalue weighted by molar-refractivity contribution is -0.134. The number of aliphatic imine (C=N–C) groups is 1. The summed E-state index contributed by atoms with van der Waals surface area (Å²) in [7, 11) is 1.36. The summed E-state index contributed by atoms with van der Waals surface area (Å²) in [6.45, 7) is 2.63. The lowest BCUT2D eigenvalue weighted by atomic mass is 10.2. The number of aromatic nitrogens is 2. The van der Waals surface area contributed by atoms with Crippen molar-refractivity contribution in [1.29, 1.82) is 0 Å². The number of ether oxygens (including phenoxy) is 1. The minimum absolute atomic E-state index is 0.371. The molecule has 29 heavy (non-hydrogen) atoms. The number of carbonyl (C=O) groups is 1. The number of rotatable bonds is 6. The van der Waals surface area contributed by atoms with Gasteiger partial charge >= 0.3 is 5.97 Å². The summed E-state index contributed by atoms with van der Waals surface area (Å²) < 4.78 is 6.72. The molecule has 2 aromatic rings. The highest BCUT2D eigenvalue weighted by Crippen LogP contribution is 2.28. The van der Waals surface area contributed by atoms with E-state index >= 15 is 0 Å². The highest BCUT2D eigenvalue weighted by atomic mass is 32.2. The third kappa shape index (κ3) is 4.58. The van der Waals surface area contributed by atoms with Gasteiger partial charge in [-0.15, -0.1) is 0 Å². The van der Waals surface area contributed by atoms with E-state index in [0.29, 0.717) is 6.54 Å². The molecule has 147 valence electrons. The number of esters is 1. The van der Waals surface area contributed by atoms with Gasteiger partial charge in [-0.1, -0.05) is 12.1 Å². The maximum Gasteiger partial charge on any atom is 0.330 e. The van der Waals surface area contributed by atoms with Crippen molar-refractivity contribution >= 4 is 35.6 Å². The van der Waals surface area contributed by atoms with Gasteiger partial charge in [0, 0.05) is 22.7 Å². The van der Waals surface area contributed by atoms with E-state index in [9.17, 15) is 4.79 Å². The maximum absolute atomic E-state index is 11.2. The van der Waals surface area contributed by atoms with Crippen LogP contribution >= 0.6 is 11.9 Å². The fraction of sp³-hybridized carbons (Fsp3) is 0.150. The number of fused-ring (bicyclic) bond motifs is 1. The van der Waals surface area contributed by atoms with Crippen molar-refractivity contribution in [3.05, 3.63) is 72.1 Å². The van der Waals surface area contributed by atoms with E-state index in [-0.39, 0.29) is 5.97 Å². The number of nitrogens with zero attached hydrogens (tertiary/aromatic N) is 4. The van der Waals surface area contributed by atoms with Gasteiger partial charge in [-0.3, -0.25) is 14.7 Å². The SMILES string of the molecule is COC(=O)C=Cc1ccc(SN2C=C(Nc3cc(C)[nH]n3)[N+]3C=CN=C3C2)cc1. The van der Waals surface area contributed by atoms with Crippen LogP contribution in [0, 0.1) is 6.92 Å². The predicted molar refractivity (Wildman–Crippen MR) is 114 cm³/mol. The molecular weight excluding hydrogens is 388 g/mol. The molecule has 0 spiro atoms. The first-order chi connectivity index (χ1) is 14.1. The molecule has 2 aliphatic heterocycles. The number of benzene rings is 1. The van der Waals surface area contributed by atoms with E-state index in [1.807, 2.05) is 54.6 Å². The van der Waals surface area contributed by atoms with Crippen LogP contribution < -0.4 is 10.2 Å². The molecule has 1 radical (unpaired) electrons. The largest absolute Gasteiger partial charge is 0.466 e. The Bertz CT molecular complexity index is 1020. The first-order valence-corrected chi connectivity index (χ1v) is 9.72. The van der Waals surface area contributed by atoms with Crippen LogP contribution in [0.15, 0.2) is 70.7 Å². The zero-order valence-electron chi connectivity index (χ0n) is 16.0. The monoisotopic (exact) mass is 408 g/mol. The molecule has 0 unspecified atom stereocenters. The van der Waals surface area contributed by atoms with Gasteiger partial charge in [-0.25, -0.2) is 4.79 Å². The summed E-state index contributed by atoms with van der Waals surface area (Å²) in [5.74, 6) is 2.19. The van der Waals surface area contributed by atoms with Crippen molar-refractivity contribution in [2.75, 3.05) is 19.0 Å². The molecule has 0 saturated carbocycles. The molecule has 1 aromatic carbocycles. The molecule has 9 heteroatoms. The number of nitrogens with one attached hydrogen (secondary N) is 2. The first kappa shape index (κ1) is 19.0. The molecule has 2 N–H and O–H groups in total. The topological polar surface area (TPSA) is 88.5 Å². The standard InChI is InChI=1S/C20H20N6O2S/c1-14-11-17(24-23-14)22-19-13-25(12-18-21-9-10-26(18)19)29-16-6-3-15(4-7-16)5-8-20(27)28-2/h3-11,13H,12H2,1-2H3,(H2,22,23,24)/q+1. The van der Waals surface area contributed by atoms with Gasteiger partial charge in [0.15, 0.2) is 12.0 Å². The van der Waals surface area contributed by atoms with Gasteiger partial charge in [0.1, 0.15) is 6.54 Å². The third-order valence-electron chi connectivity index (χ3n) is 4.22. The van der Waals surface area contributed by atoms with Gasteiger partial charge in [0.25, 0.3) is 11.7 Å². The van der Waals surface area contributed by atoms with Crippen LogP contribution in [0.1, 0.15) is 11.3 Å². The van der Waals surface area contributed by atoms with Crippen LogP contribution in [0.3, 0.4) is 0 Å². The van der Waals surface area contributed by atoms with E-state index in [1.165, 1.54) is 13.2 Å². The van der Waals surface area contributed by atoms with Crippen LogP contribution in [-0.2, 0) is 9.53 Å². The number of hydrogen-bond acceptors (Lipinski definition) is 8. The molecule has 4 rings (SSSR count). The van der Waals surface area contributed by atoms with Gasteiger partial charge in [0.05, 0.1) is 19.5 Å². The lowest BCUT2D eigenvalue weighted by Crippen LogP contribution is -2.42. The molecule has 0 fully saturated rings. The number of carbonyl (C=O) groups excluding carboxylic acids is 1. The van der Waals surface area contributed by atoms with Crippen LogP contribution in [-0.4, -0.2) is 40.0 Å². The predicted octanol–water partition coefficient (Wildman–Crippen LogP) is 3.16. The first-order valence-electron chi connectivity index (χ1n) is 8.95. The molecule has 0 atom stereocenters. The zero-order valence-corrected chi connectivity index (χ0v) is 16.8. The second kappa shape index (κ2) is 8.38. The Morgan fingerprint density at radius 1 is 1.38 bits per heavy atom. The van der Waals surface area contributed by atoms with Gasteiger partial charge in [-0.2, -0.15) is 10.1 Å². The Morgan fingerprint density at radius 3 is 2.93 bits per heavy atom. The molecule has 8 nitrogen and oxygen atoms in total. The quantitative estimate of drug-likeness (QED) is 0.330. The Hall–Kier alpha value is -3.30. The molecule has 3 heterocycles. The normalized spacial score (nSPS) is 16.0. The minimum Gasteiger partial charge on any atom is -0.466 e. The summed E-state index contributed by atoms with van der Waals surface area (Å²) in [5, 5.41) is 10.5. The fourth-order valence-corrected chi connectivity index (χ4v) is 3.69. The molecule has 0 aliphatic carbocycles. The Kier molecular flexibility index (Phi) is 5.50. The van der Waals surface area contributed by atoms with E-state index in [4.69, 9.17) is 0 Å². The van der Waals surface area contributed by atoms with Crippen molar-refractivity contribution in [3.8, 4) is 0 Å². The second-order valence-electron chi connectivity index (χ2n) is 6.38. The zero-order chi connectivity index (χ0) is 20.2. The van der Waals surface area contributed by atoms with Crippen molar-refractivity contribution in [2.45, 2.75) is 11.8 Å². The van der Waals surface area contributed by atoms with Gasteiger partial charge in [0.2, 0.25) is 0 Å². The van der Waals surface area contributed by atoms with Crippen molar-refractivity contribution in [2.24, 2.45) is 4.99 Å². The van der Waals surface area contributed by atoms with Crippen LogP contribution in [0.4, 0.5) is 5.82 Å². The Morgan fingerprint density at radius 2 is 2.21 bits per heavy atom. The van der Waals surface area contributed by atoms with Crippen molar-refractivity contribution in [1.82, 2.24) is 19.4 Å². The second-order valence-corrected chi connectivity index (χ2v) is 7.50. The van der Waals surface area contributed by atoms with Gasteiger partial charge < -0.3 is 4.74 Å². The number of aromatic amines is 1. The average Bonchev–Trinajstić information content (AvgIpc) is 3.36.